The van der Waals surface area contributed by atoms with Gasteiger partial charge in [-0.2, -0.15) is 14.4 Å². The van der Waals surface area contributed by atoms with Crippen LogP contribution in [0.15, 0.2) is 39.8 Å². The largest absolute Gasteiger partial charge is 0.355 e. The number of sulfonamides is 1. The first-order valence-corrected chi connectivity index (χ1v) is 12.4. The SMILES string of the molecule is Cc1nn(C)c(C)c1S(=O)(=O)N1CCCC(C(=O)NCCc2noc(-c3ccccc3)n2)C1. The molecule has 3 heterocycles. The second kappa shape index (κ2) is 9.44. The fourth-order valence-corrected chi connectivity index (χ4v) is 6.05. The maximum atomic E-state index is 13.2. The first-order chi connectivity index (χ1) is 15.8. The predicted molar refractivity (Wildman–Crippen MR) is 121 cm³/mol. The average molecular weight is 473 g/mol. The topological polar surface area (TPSA) is 123 Å². The van der Waals surface area contributed by atoms with Crippen LogP contribution in [0.3, 0.4) is 0 Å². The molecule has 0 spiro atoms. The predicted octanol–water partition coefficient (Wildman–Crippen LogP) is 1.85. The standard InChI is InChI=1S/C22H28N6O4S/c1-15-20(16(2)27(3)25-15)33(30,31)28-13-7-10-18(14-28)21(29)23-12-11-19-24-22(32-26-19)17-8-5-4-6-9-17/h4-6,8-9,18H,7,10-14H2,1-3H3,(H,23,29). The molecule has 33 heavy (non-hydrogen) atoms. The van der Waals surface area contributed by atoms with Gasteiger partial charge in [-0.3, -0.25) is 9.48 Å². The second-order valence-corrected chi connectivity index (χ2v) is 10.1. The number of carbonyl (C=O) groups is 1. The van der Waals surface area contributed by atoms with Crippen LogP contribution in [0, 0.1) is 19.8 Å². The second-order valence-electron chi connectivity index (χ2n) is 8.25. The van der Waals surface area contributed by atoms with Crippen molar-refractivity contribution in [2.45, 2.75) is 38.0 Å². The summed E-state index contributed by atoms with van der Waals surface area (Å²) in [7, 11) is -2.00. The van der Waals surface area contributed by atoms with Crippen LogP contribution >= 0.6 is 0 Å². The summed E-state index contributed by atoms with van der Waals surface area (Å²) >= 11 is 0. The molecule has 11 heteroatoms. The Kier molecular flexibility index (Phi) is 6.61. The molecule has 1 aliphatic rings. The van der Waals surface area contributed by atoms with Crippen molar-refractivity contribution in [3.8, 4) is 11.5 Å². The van der Waals surface area contributed by atoms with E-state index in [0.29, 0.717) is 55.5 Å². The van der Waals surface area contributed by atoms with Gasteiger partial charge in [-0.25, -0.2) is 8.42 Å². The molecule has 2 aromatic heterocycles. The zero-order chi connectivity index (χ0) is 23.6. The molecular formula is C22H28N6O4S. The van der Waals surface area contributed by atoms with E-state index in [0.717, 1.165) is 5.56 Å². The molecule has 0 saturated carbocycles. The summed E-state index contributed by atoms with van der Waals surface area (Å²) in [6, 6.07) is 9.47. The number of hydrogen-bond acceptors (Lipinski definition) is 7. The average Bonchev–Trinajstić information content (AvgIpc) is 3.38. The molecule has 1 unspecified atom stereocenters. The highest BCUT2D eigenvalue weighted by atomic mass is 32.2. The third-order valence-electron chi connectivity index (χ3n) is 5.93. The molecule has 10 nitrogen and oxygen atoms in total. The normalized spacial score (nSPS) is 17.2. The molecule has 1 aromatic carbocycles. The lowest BCUT2D eigenvalue weighted by Crippen LogP contribution is -2.45. The van der Waals surface area contributed by atoms with Gasteiger partial charge in [0.1, 0.15) is 4.90 Å². The van der Waals surface area contributed by atoms with Crippen LogP contribution in [0.1, 0.15) is 30.1 Å². The van der Waals surface area contributed by atoms with E-state index in [2.05, 4.69) is 20.6 Å². The van der Waals surface area contributed by atoms with Gasteiger partial charge in [-0.05, 0) is 38.8 Å². The molecule has 1 saturated heterocycles. The molecule has 3 aromatic rings. The van der Waals surface area contributed by atoms with Crippen molar-refractivity contribution in [2.75, 3.05) is 19.6 Å². The van der Waals surface area contributed by atoms with Crippen molar-refractivity contribution >= 4 is 15.9 Å². The maximum absolute atomic E-state index is 13.2. The van der Waals surface area contributed by atoms with Gasteiger partial charge in [0.25, 0.3) is 5.89 Å². The maximum Gasteiger partial charge on any atom is 0.257 e. The summed E-state index contributed by atoms with van der Waals surface area (Å²) in [5.74, 6) is 0.368. The monoisotopic (exact) mass is 472 g/mol. The van der Waals surface area contributed by atoms with Crippen LogP contribution in [0.25, 0.3) is 11.5 Å². The minimum atomic E-state index is -3.72. The first kappa shape index (κ1) is 23.1. The molecule has 176 valence electrons. The van der Waals surface area contributed by atoms with Gasteiger partial charge in [-0.15, -0.1) is 0 Å². The van der Waals surface area contributed by atoms with Crippen LogP contribution in [0.5, 0.6) is 0 Å². The summed E-state index contributed by atoms with van der Waals surface area (Å²) in [4.78, 5) is 17.3. The third-order valence-corrected chi connectivity index (χ3v) is 8.05. The quantitative estimate of drug-likeness (QED) is 0.557. The van der Waals surface area contributed by atoms with Gasteiger partial charge in [0, 0.05) is 38.7 Å². The molecule has 1 amide bonds. The van der Waals surface area contributed by atoms with E-state index in [1.54, 1.807) is 25.6 Å². The zero-order valence-corrected chi connectivity index (χ0v) is 19.8. The van der Waals surface area contributed by atoms with Crippen molar-refractivity contribution < 1.29 is 17.7 Å². The van der Waals surface area contributed by atoms with Crippen LogP contribution < -0.4 is 5.32 Å². The lowest BCUT2D eigenvalue weighted by Gasteiger charge is -2.31. The number of carbonyl (C=O) groups excluding carboxylic acids is 1. The highest BCUT2D eigenvalue weighted by Gasteiger charge is 2.36. The number of amides is 1. The summed E-state index contributed by atoms with van der Waals surface area (Å²) in [5, 5.41) is 11.1. The van der Waals surface area contributed by atoms with Crippen molar-refractivity contribution in [1.82, 2.24) is 29.5 Å². The highest BCUT2D eigenvalue weighted by Crippen LogP contribution is 2.27. The number of aromatic nitrogens is 4. The van der Waals surface area contributed by atoms with Gasteiger partial charge >= 0.3 is 0 Å². The Morgan fingerprint density at radius 3 is 2.70 bits per heavy atom. The fourth-order valence-electron chi connectivity index (χ4n) is 4.13. The Labute approximate surface area is 193 Å². The number of hydrogen-bond donors (Lipinski definition) is 1. The van der Waals surface area contributed by atoms with Crippen molar-refractivity contribution in [3.05, 3.63) is 47.5 Å². The number of nitrogens with one attached hydrogen (secondary N) is 1. The summed E-state index contributed by atoms with van der Waals surface area (Å²) in [5.41, 5.74) is 1.90. The van der Waals surface area contributed by atoms with Crippen molar-refractivity contribution in [2.24, 2.45) is 13.0 Å². The fraction of sp³-hybridized carbons (Fsp3) is 0.455. The Morgan fingerprint density at radius 2 is 2.00 bits per heavy atom. The molecule has 1 fully saturated rings. The van der Waals surface area contributed by atoms with Gasteiger partial charge < -0.3 is 9.84 Å². The van der Waals surface area contributed by atoms with Gasteiger partial charge in [0.05, 0.1) is 17.3 Å². The van der Waals surface area contributed by atoms with Crippen molar-refractivity contribution in [1.29, 1.82) is 0 Å². The molecule has 1 aliphatic heterocycles. The van der Waals surface area contributed by atoms with Crippen LogP contribution in [0.4, 0.5) is 0 Å². The Bertz CT molecular complexity index is 1240. The van der Waals surface area contributed by atoms with Crippen molar-refractivity contribution in [3.63, 3.8) is 0 Å². The summed E-state index contributed by atoms with van der Waals surface area (Å²) in [6.07, 6.45) is 1.69. The summed E-state index contributed by atoms with van der Waals surface area (Å²) < 4.78 is 34.7. The van der Waals surface area contributed by atoms with E-state index < -0.39 is 15.9 Å². The van der Waals surface area contributed by atoms with Crippen LogP contribution in [0.2, 0.25) is 0 Å². The third kappa shape index (κ3) is 4.83. The molecule has 0 bridgehead atoms. The first-order valence-electron chi connectivity index (χ1n) is 10.9. The molecule has 0 aliphatic carbocycles. The van der Waals surface area contributed by atoms with E-state index in [1.165, 1.54) is 4.31 Å². The number of nitrogens with zero attached hydrogens (tertiary/aromatic N) is 5. The smallest absolute Gasteiger partial charge is 0.257 e. The van der Waals surface area contributed by atoms with Gasteiger partial charge in [-0.1, -0.05) is 23.4 Å². The lowest BCUT2D eigenvalue weighted by atomic mass is 9.99. The Morgan fingerprint density at radius 1 is 1.24 bits per heavy atom. The minimum Gasteiger partial charge on any atom is -0.355 e. The van der Waals surface area contributed by atoms with Gasteiger partial charge in [0.15, 0.2) is 5.82 Å². The molecule has 1 atom stereocenters. The molecule has 1 N–H and O–H groups in total. The highest BCUT2D eigenvalue weighted by molar-refractivity contribution is 7.89. The Balaban J connectivity index is 1.34. The van der Waals surface area contributed by atoms with E-state index in [4.69, 9.17) is 4.52 Å². The Hall–Kier alpha value is -3.05. The van der Waals surface area contributed by atoms with Crippen LogP contribution in [-0.2, 0) is 28.3 Å². The molecular weight excluding hydrogens is 444 g/mol. The van der Waals surface area contributed by atoms with Crippen LogP contribution in [-0.4, -0.2) is 58.2 Å². The number of aryl methyl sites for hydroxylation is 2. The molecule has 4 rings (SSSR count). The van der Waals surface area contributed by atoms with E-state index in [-0.39, 0.29) is 17.3 Å². The van der Waals surface area contributed by atoms with Gasteiger partial charge in [0.2, 0.25) is 15.9 Å². The number of rotatable bonds is 7. The molecule has 0 radical (unpaired) electrons. The van der Waals surface area contributed by atoms with E-state index in [1.807, 2.05) is 30.3 Å². The van der Waals surface area contributed by atoms with E-state index >= 15 is 0 Å². The summed E-state index contributed by atoms with van der Waals surface area (Å²) in [6.45, 7) is 4.32. The van der Waals surface area contributed by atoms with E-state index in [9.17, 15) is 13.2 Å². The number of piperidine rings is 1. The minimum absolute atomic E-state index is 0.155. The zero-order valence-electron chi connectivity index (χ0n) is 19.0. The number of benzene rings is 1. The lowest BCUT2D eigenvalue weighted by molar-refractivity contribution is -0.126.